The summed E-state index contributed by atoms with van der Waals surface area (Å²) in [6.07, 6.45) is 0. The Bertz CT molecular complexity index is 276. The average Bonchev–Trinajstić information content (AvgIpc) is 2.18. The van der Waals surface area contributed by atoms with E-state index in [1.807, 2.05) is 18.2 Å². The number of nitrogens with one attached hydrogen (secondary N) is 1. The third-order valence-corrected chi connectivity index (χ3v) is 1.61. The summed E-state index contributed by atoms with van der Waals surface area (Å²) < 4.78 is 10.3. The molecule has 0 atom stereocenters. The molecule has 0 amide bonds. The molecule has 4 nitrogen and oxygen atoms in total. The van der Waals surface area contributed by atoms with Crippen molar-refractivity contribution in [2.45, 2.75) is 0 Å². The molecule has 0 aliphatic heterocycles. The monoisotopic (exact) mass is 183 g/mol. The van der Waals surface area contributed by atoms with Gasteiger partial charge in [0.15, 0.2) is 11.5 Å². The van der Waals surface area contributed by atoms with Crippen LogP contribution >= 0.6 is 0 Å². The van der Waals surface area contributed by atoms with E-state index >= 15 is 0 Å². The van der Waals surface area contributed by atoms with Crippen molar-refractivity contribution < 1.29 is 14.3 Å². The second-order valence-electron chi connectivity index (χ2n) is 2.35. The fraction of sp³-hybridized carbons (Fsp3) is 0.333. The lowest BCUT2D eigenvalue weighted by Crippen LogP contribution is -1.99. The first-order valence-corrected chi connectivity index (χ1v) is 3.83. The van der Waals surface area contributed by atoms with Crippen LogP contribution < -0.4 is 15.0 Å². The molecular formula is C9H13NO3. The van der Waals surface area contributed by atoms with Crippen LogP contribution in [0.2, 0.25) is 0 Å². The van der Waals surface area contributed by atoms with Gasteiger partial charge in [-0.1, -0.05) is 6.07 Å². The minimum absolute atomic E-state index is 0.631. The molecule has 1 N–H and O–H groups in total. The maximum absolute atomic E-state index is 5.15. The molecule has 0 aliphatic carbocycles. The van der Waals surface area contributed by atoms with E-state index in [4.69, 9.17) is 14.3 Å². The number of hydrogen-bond donors (Lipinski definition) is 1. The Kier molecular flexibility index (Phi) is 3.40. The van der Waals surface area contributed by atoms with Gasteiger partial charge >= 0.3 is 0 Å². The first-order chi connectivity index (χ1) is 6.33. The zero-order valence-corrected chi connectivity index (χ0v) is 7.96. The summed E-state index contributed by atoms with van der Waals surface area (Å²) in [6, 6.07) is 5.51. The molecule has 0 saturated heterocycles. The molecule has 1 aromatic carbocycles. The second-order valence-corrected chi connectivity index (χ2v) is 2.35. The highest BCUT2D eigenvalue weighted by atomic mass is 16.6. The quantitative estimate of drug-likeness (QED) is 0.721. The van der Waals surface area contributed by atoms with E-state index < -0.39 is 0 Å². The van der Waals surface area contributed by atoms with Crippen LogP contribution in [0.1, 0.15) is 0 Å². The number of benzene rings is 1. The maximum Gasteiger partial charge on any atom is 0.186 e. The SMILES string of the molecule is CONc1cccc(OC)c1OC. The smallest absolute Gasteiger partial charge is 0.186 e. The topological polar surface area (TPSA) is 39.7 Å². The Morgan fingerprint density at radius 2 is 1.85 bits per heavy atom. The van der Waals surface area contributed by atoms with E-state index in [0.717, 1.165) is 5.69 Å². The van der Waals surface area contributed by atoms with Gasteiger partial charge in [0.25, 0.3) is 0 Å². The van der Waals surface area contributed by atoms with Crippen LogP contribution in [0.5, 0.6) is 11.5 Å². The van der Waals surface area contributed by atoms with Crippen molar-refractivity contribution in [2.24, 2.45) is 0 Å². The Labute approximate surface area is 77.4 Å². The Hall–Kier alpha value is -1.42. The van der Waals surface area contributed by atoms with E-state index in [0.29, 0.717) is 11.5 Å². The van der Waals surface area contributed by atoms with Crippen molar-refractivity contribution in [3.63, 3.8) is 0 Å². The molecule has 1 rings (SSSR count). The lowest BCUT2D eigenvalue weighted by Gasteiger charge is -2.12. The van der Waals surface area contributed by atoms with Crippen molar-refractivity contribution >= 4 is 5.69 Å². The fourth-order valence-corrected chi connectivity index (χ4v) is 1.08. The third-order valence-electron chi connectivity index (χ3n) is 1.61. The van der Waals surface area contributed by atoms with Crippen LogP contribution in [0.15, 0.2) is 18.2 Å². The number of ether oxygens (including phenoxy) is 2. The molecule has 0 aromatic heterocycles. The molecule has 0 bridgehead atoms. The Morgan fingerprint density at radius 1 is 1.08 bits per heavy atom. The normalized spacial score (nSPS) is 9.46. The summed E-state index contributed by atoms with van der Waals surface area (Å²) in [5.74, 6) is 1.30. The molecule has 72 valence electrons. The fourth-order valence-electron chi connectivity index (χ4n) is 1.08. The molecule has 0 saturated carbocycles. The van der Waals surface area contributed by atoms with Crippen molar-refractivity contribution in [3.8, 4) is 11.5 Å². The average molecular weight is 183 g/mol. The van der Waals surface area contributed by atoms with Gasteiger partial charge in [0.05, 0.1) is 21.3 Å². The first-order valence-electron chi connectivity index (χ1n) is 3.83. The standard InChI is InChI=1S/C9H13NO3/c1-11-8-6-4-5-7(10-13-3)9(8)12-2/h4-6,10H,1-3H3. The molecule has 0 spiro atoms. The number of hydrogen-bond acceptors (Lipinski definition) is 4. The summed E-state index contributed by atoms with van der Waals surface area (Å²) in [6.45, 7) is 0. The summed E-state index contributed by atoms with van der Waals surface area (Å²) in [5, 5.41) is 0. The molecule has 0 aliphatic rings. The van der Waals surface area contributed by atoms with Crippen molar-refractivity contribution in [1.29, 1.82) is 0 Å². The predicted octanol–water partition coefficient (Wildman–Crippen LogP) is 1.68. The van der Waals surface area contributed by atoms with E-state index in [9.17, 15) is 0 Å². The summed E-state index contributed by atoms with van der Waals surface area (Å²) >= 11 is 0. The van der Waals surface area contributed by atoms with Gasteiger partial charge in [0.1, 0.15) is 5.69 Å². The van der Waals surface area contributed by atoms with Gasteiger partial charge in [0.2, 0.25) is 0 Å². The van der Waals surface area contributed by atoms with Gasteiger partial charge in [0, 0.05) is 0 Å². The lowest BCUT2D eigenvalue weighted by atomic mass is 10.3. The van der Waals surface area contributed by atoms with Crippen LogP contribution in [0, 0.1) is 0 Å². The van der Waals surface area contributed by atoms with E-state index in [1.54, 1.807) is 21.3 Å². The first kappa shape index (κ1) is 9.67. The highest BCUT2D eigenvalue weighted by Gasteiger charge is 2.07. The zero-order chi connectivity index (χ0) is 9.68. The van der Waals surface area contributed by atoms with Crippen LogP contribution in [0.25, 0.3) is 0 Å². The molecule has 4 heteroatoms. The van der Waals surface area contributed by atoms with Crippen molar-refractivity contribution in [2.75, 3.05) is 26.8 Å². The van der Waals surface area contributed by atoms with Gasteiger partial charge in [-0.2, -0.15) is 0 Å². The molecule has 1 aromatic rings. The van der Waals surface area contributed by atoms with E-state index in [2.05, 4.69) is 5.48 Å². The van der Waals surface area contributed by atoms with Gasteiger partial charge in [-0.15, -0.1) is 0 Å². The predicted molar refractivity (Wildman–Crippen MR) is 50.2 cm³/mol. The second kappa shape index (κ2) is 4.57. The number of para-hydroxylation sites is 1. The summed E-state index contributed by atoms with van der Waals surface area (Å²) in [4.78, 5) is 4.78. The minimum atomic E-state index is 0.631. The Morgan fingerprint density at radius 3 is 2.38 bits per heavy atom. The number of anilines is 1. The van der Waals surface area contributed by atoms with Crippen molar-refractivity contribution in [1.82, 2.24) is 0 Å². The zero-order valence-electron chi connectivity index (χ0n) is 7.96. The molecule has 0 unspecified atom stereocenters. The van der Waals surface area contributed by atoms with E-state index in [-0.39, 0.29) is 0 Å². The number of rotatable bonds is 4. The molecule has 13 heavy (non-hydrogen) atoms. The van der Waals surface area contributed by atoms with Gasteiger partial charge in [-0.3, -0.25) is 10.3 Å². The highest BCUT2D eigenvalue weighted by Crippen LogP contribution is 2.34. The van der Waals surface area contributed by atoms with Gasteiger partial charge in [-0.25, -0.2) is 0 Å². The highest BCUT2D eigenvalue weighted by molar-refractivity contribution is 5.62. The van der Waals surface area contributed by atoms with Gasteiger partial charge in [-0.05, 0) is 12.1 Å². The molecule has 0 heterocycles. The maximum atomic E-state index is 5.15. The number of methoxy groups -OCH3 is 2. The largest absolute Gasteiger partial charge is 0.493 e. The van der Waals surface area contributed by atoms with Crippen LogP contribution in [0.3, 0.4) is 0 Å². The van der Waals surface area contributed by atoms with Gasteiger partial charge < -0.3 is 9.47 Å². The van der Waals surface area contributed by atoms with E-state index in [1.165, 1.54) is 0 Å². The van der Waals surface area contributed by atoms with Crippen LogP contribution in [-0.4, -0.2) is 21.3 Å². The Balaban J connectivity index is 3.03. The molecular weight excluding hydrogens is 170 g/mol. The summed E-state index contributed by atoms with van der Waals surface area (Å²) in [7, 11) is 4.71. The summed E-state index contributed by atoms with van der Waals surface area (Å²) in [5.41, 5.74) is 3.44. The lowest BCUT2D eigenvalue weighted by molar-refractivity contribution is 0.266. The van der Waals surface area contributed by atoms with Crippen LogP contribution in [-0.2, 0) is 4.84 Å². The van der Waals surface area contributed by atoms with Crippen LogP contribution in [0.4, 0.5) is 5.69 Å². The third kappa shape index (κ3) is 2.03. The minimum Gasteiger partial charge on any atom is -0.493 e. The molecule has 0 fully saturated rings. The molecule has 0 radical (unpaired) electrons. The van der Waals surface area contributed by atoms with Crippen molar-refractivity contribution in [3.05, 3.63) is 18.2 Å².